The third-order valence-corrected chi connectivity index (χ3v) is 4.56. The van der Waals surface area contributed by atoms with Crippen LogP contribution in [0.15, 0.2) is 64.9 Å². The van der Waals surface area contributed by atoms with Gasteiger partial charge in [-0.1, -0.05) is 65.8 Å². The van der Waals surface area contributed by atoms with E-state index in [1.165, 1.54) is 0 Å². The van der Waals surface area contributed by atoms with Crippen molar-refractivity contribution in [3.05, 3.63) is 65.2 Å². The quantitative estimate of drug-likeness (QED) is 0.626. The minimum Gasteiger partial charge on any atom is -0.187 e. The fourth-order valence-electron chi connectivity index (χ4n) is 2.28. The molecule has 0 saturated carbocycles. The summed E-state index contributed by atoms with van der Waals surface area (Å²) in [5.74, 6) is 1.53. The van der Waals surface area contributed by atoms with E-state index in [0.717, 1.165) is 38.6 Å². The van der Waals surface area contributed by atoms with E-state index in [9.17, 15) is 0 Å². The van der Waals surface area contributed by atoms with Crippen molar-refractivity contribution in [2.24, 2.45) is 5.10 Å². The van der Waals surface area contributed by atoms with E-state index < -0.39 is 0 Å². The van der Waals surface area contributed by atoms with E-state index in [2.05, 4.69) is 10.2 Å². The Balaban J connectivity index is 0.00000156. The Morgan fingerprint density at radius 2 is 1.65 bits per heavy atom. The van der Waals surface area contributed by atoms with Crippen LogP contribution in [-0.2, 0) is 0 Å². The van der Waals surface area contributed by atoms with Gasteiger partial charge < -0.3 is 0 Å². The second-order valence-electron chi connectivity index (χ2n) is 4.83. The average molecular weight is 408 g/mol. The van der Waals surface area contributed by atoms with E-state index in [4.69, 9.17) is 16.7 Å². The van der Waals surface area contributed by atoms with E-state index in [1.807, 2.05) is 59.3 Å². The lowest BCUT2D eigenvalue weighted by Crippen LogP contribution is -2.13. The van der Waals surface area contributed by atoms with Crippen molar-refractivity contribution in [2.45, 2.75) is 5.16 Å². The van der Waals surface area contributed by atoms with Gasteiger partial charge in [-0.25, -0.2) is 0 Å². The minimum atomic E-state index is 0. The molecule has 7 heteroatoms. The van der Waals surface area contributed by atoms with Gasteiger partial charge in [0.25, 0.3) is 0 Å². The van der Waals surface area contributed by atoms with E-state index in [-0.39, 0.29) is 17.0 Å². The molecule has 0 unspecified atom stereocenters. The first-order valence-corrected chi connectivity index (χ1v) is 8.15. The van der Waals surface area contributed by atoms with Crippen molar-refractivity contribution in [1.29, 1.82) is 0 Å². The predicted octanol–water partition coefficient (Wildman–Crippen LogP) is 4.53. The number of benzene rings is 2. The normalized spacial score (nSPS) is 13.0. The van der Waals surface area contributed by atoms with Gasteiger partial charge in [-0.15, -0.1) is 27.2 Å². The van der Waals surface area contributed by atoms with Crippen LogP contribution in [0.25, 0.3) is 11.4 Å². The molecule has 23 heavy (non-hydrogen) atoms. The van der Waals surface area contributed by atoms with Crippen molar-refractivity contribution in [1.82, 2.24) is 14.9 Å². The molecular weight excluding hydrogens is 396 g/mol. The van der Waals surface area contributed by atoms with E-state index in [0.29, 0.717) is 0 Å². The minimum absolute atomic E-state index is 0. The van der Waals surface area contributed by atoms with Gasteiger partial charge in [0.2, 0.25) is 5.16 Å². The first-order valence-electron chi connectivity index (χ1n) is 6.79. The number of nitrogens with zero attached hydrogens (tertiary/aromatic N) is 4. The van der Waals surface area contributed by atoms with Gasteiger partial charge in [-0.3, -0.25) is 0 Å². The third kappa shape index (κ3) is 3.20. The number of thioether (sulfide) groups is 1. The molecule has 1 aliphatic heterocycles. The highest BCUT2D eigenvalue weighted by atomic mass is 79.9. The molecule has 0 fully saturated rings. The number of halogens is 2. The van der Waals surface area contributed by atoms with Gasteiger partial charge in [-0.2, -0.15) is 9.78 Å². The SMILES string of the molecule is Br.Clc1ccc(C2=Nn3c(nnc3-c3ccccc3)SC2)cc1. The third-order valence-electron chi connectivity index (χ3n) is 3.38. The van der Waals surface area contributed by atoms with Crippen molar-refractivity contribution >= 4 is 46.1 Å². The van der Waals surface area contributed by atoms with E-state index in [1.54, 1.807) is 11.8 Å². The number of hydrogen-bond acceptors (Lipinski definition) is 4. The number of rotatable bonds is 2. The van der Waals surface area contributed by atoms with Crippen LogP contribution >= 0.6 is 40.3 Å². The standard InChI is InChI=1S/C16H11ClN4S.BrH/c17-13-8-6-11(7-9-13)14-10-22-16-19-18-15(21(16)20-14)12-4-2-1-3-5-12;/h1-9H,10H2;1H. The summed E-state index contributed by atoms with van der Waals surface area (Å²) in [5, 5.41) is 14.8. The smallest absolute Gasteiger partial charge is 0.187 e. The molecule has 0 spiro atoms. The van der Waals surface area contributed by atoms with Crippen LogP contribution < -0.4 is 0 Å². The molecule has 2 heterocycles. The van der Waals surface area contributed by atoms with Crippen molar-refractivity contribution in [2.75, 3.05) is 5.75 Å². The Morgan fingerprint density at radius 3 is 2.39 bits per heavy atom. The molecule has 1 aromatic heterocycles. The topological polar surface area (TPSA) is 43.1 Å². The first kappa shape index (κ1) is 16.2. The van der Waals surface area contributed by atoms with Crippen LogP contribution in [0.5, 0.6) is 0 Å². The maximum Gasteiger partial charge on any atom is 0.212 e. The van der Waals surface area contributed by atoms with Crippen LogP contribution in [-0.4, -0.2) is 26.3 Å². The van der Waals surface area contributed by atoms with Crippen LogP contribution in [0.3, 0.4) is 0 Å². The van der Waals surface area contributed by atoms with Gasteiger partial charge in [-0.05, 0) is 17.7 Å². The molecule has 0 aliphatic carbocycles. The monoisotopic (exact) mass is 406 g/mol. The Bertz CT molecular complexity index is 846. The maximum absolute atomic E-state index is 5.95. The van der Waals surface area contributed by atoms with Crippen molar-refractivity contribution in [3.8, 4) is 11.4 Å². The van der Waals surface area contributed by atoms with Gasteiger partial charge in [0, 0.05) is 16.3 Å². The summed E-state index contributed by atoms with van der Waals surface area (Å²) in [6.45, 7) is 0. The summed E-state index contributed by atoms with van der Waals surface area (Å²) in [5.41, 5.74) is 3.06. The molecule has 0 amide bonds. The summed E-state index contributed by atoms with van der Waals surface area (Å²) < 4.78 is 1.81. The van der Waals surface area contributed by atoms with Crippen LogP contribution in [0.2, 0.25) is 5.02 Å². The number of fused-ring (bicyclic) bond motifs is 1. The van der Waals surface area contributed by atoms with Gasteiger partial charge in [0.15, 0.2) is 5.82 Å². The largest absolute Gasteiger partial charge is 0.212 e. The molecule has 0 radical (unpaired) electrons. The lowest BCUT2D eigenvalue weighted by atomic mass is 10.1. The van der Waals surface area contributed by atoms with Crippen molar-refractivity contribution < 1.29 is 0 Å². The Kier molecular flexibility index (Phi) is 4.84. The summed E-state index contributed by atoms with van der Waals surface area (Å²) in [4.78, 5) is 0. The Morgan fingerprint density at radius 1 is 0.913 bits per heavy atom. The first-order chi connectivity index (χ1) is 10.8. The average Bonchev–Trinajstić information content (AvgIpc) is 2.99. The summed E-state index contributed by atoms with van der Waals surface area (Å²) in [7, 11) is 0. The van der Waals surface area contributed by atoms with Gasteiger partial charge in [0.05, 0.1) is 5.71 Å². The lowest BCUT2D eigenvalue weighted by molar-refractivity contribution is 0.762. The highest BCUT2D eigenvalue weighted by Crippen LogP contribution is 2.28. The molecular formula is C16H12BrClN4S. The van der Waals surface area contributed by atoms with Gasteiger partial charge >= 0.3 is 0 Å². The van der Waals surface area contributed by atoms with Gasteiger partial charge in [0.1, 0.15) is 0 Å². The highest BCUT2D eigenvalue weighted by Gasteiger charge is 2.20. The summed E-state index contributed by atoms with van der Waals surface area (Å²) >= 11 is 7.59. The second kappa shape index (κ2) is 6.86. The zero-order valence-corrected chi connectivity index (χ0v) is 15.2. The molecule has 0 saturated heterocycles. The molecule has 1 aliphatic rings. The summed E-state index contributed by atoms with van der Waals surface area (Å²) in [6.07, 6.45) is 0. The fraction of sp³-hybridized carbons (Fsp3) is 0.0625. The van der Waals surface area contributed by atoms with Crippen LogP contribution in [0, 0.1) is 0 Å². The highest BCUT2D eigenvalue weighted by molar-refractivity contribution is 8.93. The van der Waals surface area contributed by atoms with Crippen LogP contribution in [0.4, 0.5) is 0 Å². The zero-order valence-electron chi connectivity index (χ0n) is 11.9. The molecule has 4 rings (SSSR count). The number of aromatic nitrogens is 3. The molecule has 0 atom stereocenters. The lowest BCUT2D eigenvalue weighted by Gasteiger charge is -2.14. The molecule has 2 aromatic carbocycles. The summed E-state index contributed by atoms with van der Waals surface area (Å²) in [6, 6.07) is 17.7. The van der Waals surface area contributed by atoms with Crippen molar-refractivity contribution in [3.63, 3.8) is 0 Å². The molecule has 0 N–H and O–H groups in total. The number of hydrogen-bond donors (Lipinski definition) is 0. The second-order valence-corrected chi connectivity index (χ2v) is 6.21. The molecule has 0 bridgehead atoms. The predicted molar refractivity (Wildman–Crippen MR) is 99.9 cm³/mol. The Hall–Kier alpha value is -1.63. The Labute approximate surface area is 153 Å². The maximum atomic E-state index is 5.95. The fourth-order valence-corrected chi connectivity index (χ4v) is 3.24. The zero-order chi connectivity index (χ0) is 14.9. The van der Waals surface area contributed by atoms with E-state index >= 15 is 0 Å². The molecule has 4 nitrogen and oxygen atoms in total. The molecule has 116 valence electrons. The van der Waals surface area contributed by atoms with Crippen LogP contribution in [0.1, 0.15) is 5.56 Å². The molecule has 3 aromatic rings.